The number of amides is 3. The monoisotopic (exact) mass is 572 g/mol. The number of hydrogen-bond acceptors (Lipinski definition) is 4. The van der Waals surface area contributed by atoms with Crippen molar-refractivity contribution in [3.63, 3.8) is 0 Å². The lowest BCUT2D eigenvalue weighted by molar-refractivity contribution is -0.123. The highest BCUT2D eigenvalue weighted by Gasteiger charge is 2.62. The number of aliphatic hydroxyl groups is 1. The molecule has 9 atom stereocenters. The Hall–Kier alpha value is -4.03. The van der Waals surface area contributed by atoms with Gasteiger partial charge in [0.25, 0.3) is 0 Å². The van der Waals surface area contributed by atoms with Crippen LogP contribution in [0.1, 0.15) is 36.8 Å². The average Bonchev–Trinajstić information content (AvgIpc) is 3.83. The van der Waals surface area contributed by atoms with Gasteiger partial charge < -0.3 is 5.11 Å². The second kappa shape index (κ2) is 9.75. The Bertz CT molecular complexity index is 1620. The molecule has 6 nitrogen and oxygen atoms in total. The first kappa shape index (κ1) is 26.6. The molecular formula is C37H36N2O4. The van der Waals surface area contributed by atoms with Crippen molar-refractivity contribution in [1.29, 1.82) is 0 Å². The van der Waals surface area contributed by atoms with Gasteiger partial charge in [-0.15, -0.1) is 13.2 Å². The van der Waals surface area contributed by atoms with Gasteiger partial charge >= 0.3 is 0 Å². The van der Waals surface area contributed by atoms with Crippen LogP contribution in [0.25, 0.3) is 0 Å². The van der Waals surface area contributed by atoms with Crippen molar-refractivity contribution in [1.82, 2.24) is 0 Å². The maximum Gasteiger partial charge on any atom is 0.238 e. The molecule has 2 saturated heterocycles. The van der Waals surface area contributed by atoms with E-state index in [1.807, 2.05) is 60.7 Å². The van der Waals surface area contributed by atoms with Crippen LogP contribution in [0.3, 0.4) is 0 Å². The fourth-order valence-electron chi connectivity index (χ4n) is 9.50. The molecular weight excluding hydrogens is 536 g/mol. The van der Waals surface area contributed by atoms with E-state index in [1.165, 1.54) is 16.0 Å². The van der Waals surface area contributed by atoms with Crippen LogP contribution in [-0.4, -0.2) is 29.1 Å². The summed E-state index contributed by atoms with van der Waals surface area (Å²) in [7, 11) is 0. The Kier molecular flexibility index (Phi) is 6.03. The van der Waals surface area contributed by atoms with Crippen molar-refractivity contribution in [2.75, 3.05) is 9.80 Å². The maximum atomic E-state index is 13.5. The van der Waals surface area contributed by atoms with E-state index in [1.54, 1.807) is 4.90 Å². The number of imide groups is 1. The van der Waals surface area contributed by atoms with Gasteiger partial charge in [0.15, 0.2) is 0 Å². The van der Waals surface area contributed by atoms with Gasteiger partial charge in [0.2, 0.25) is 17.7 Å². The zero-order valence-electron chi connectivity index (χ0n) is 24.1. The largest absolute Gasteiger partial charge is 0.373 e. The second-order valence-electron chi connectivity index (χ2n) is 13.3. The Balaban J connectivity index is 0.944. The Morgan fingerprint density at radius 3 is 1.86 bits per heavy atom. The van der Waals surface area contributed by atoms with Gasteiger partial charge in [0, 0.05) is 11.6 Å². The molecule has 4 aliphatic carbocycles. The number of rotatable bonds is 8. The van der Waals surface area contributed by atoms with Crippen molar-refractivity contribution in [2.24, 2.45) is 47.3 Å². The summed E-state index contributed by atoms with van der Waals surface area (Å²) in [4.78, 5) is 43.3. The molecule has 0 aromatic heterocycles. The first-order valence-corrected chi connectivity index (χ1v) is 15.6. The highest BCUT2D eigenvalue weighted by atomic mass is 16.3. The van der Waals surface area contributed by atoms with Crippen LogP contribution in [0.15, 0.2) is 97.1 Å². The predicted octanol–water partition coefficient (Wildman–Crippen LogP) is 5.58. The number of nitrogens with zero attached hydrogens (tertiary/aromatic N) is 2. The molecule has 8 rings (SSSR count). The third-order valence-electron chi connectivity index (χ3n) is 11.2. The number of carbonyl (C=O) groups is 3. The van der Waals surface area contributed by atoms with Gasteiger partial charge in [0.1, 0.15) is 6.23 Å². The van der Waals surface area contributed by atoms with Gasteiger partial charge in [-0.1, -0.05) is 59.7 Å². The fraction of sp³-hybridized carbons (Fsp3) is 0.378. The number of allylic oxidation sites excluding steroid dienone is 6. The van der Waals surface area contributed by atoms with Crippen molar-refractivity contribution in [3.8, 4) is 0 Å². The molecule has 6 heteroatoms. The quantitative estimate of drug-likeness (QED) is 0.331. The summed E-state index contributed by atoms with van der Waals surface area (Å²) >= 11 is 0. The van der Waals surface area contributed by atoms with E-state index in [9.17, 15) is 19.5 Å². The van der Waals surface area contributed by atoms with Crippen LogP contribution < -0.4 is 9.80 Å². The summed E-state index contributed by atoms with van der Waals surface area (Å²) in [6.45, 7) is 7.71. The number of hydrogen-bond donors (Lipinski definition) is 1. The molecule has 2 heterocycles. The summed E-state index contributed by atoms with van der Waals surface area (Å²) in [5.74, 6) is 0.0274. The Morgan fingerprint density at radius 1 is 0.698 bits per heavy atom. The molecule has 0 spiro atoms. The van der Waals surface area contributed by atoms with Crippen molar-refractivity contribution in [2.45, 2.75) is 38.3 Å². The Labute approximate surface area is 252 Å². The van der Waals surface area contributed by atoms with E-state index < -0.39 is 6.23 Å². The normalized spacial score (nSPS) is 35.0. The molecule has 2 saturated carbocycles. The molecule has 8 unspecified atom stereocenters. The van der Waals surface area contributed by atoms with E-state index in [2.05, 4.69) is 25.3 Å². The van der Waals surface area contributed by atoms with Gasteiger partial charge in [-0.3, -0.25) is 24.2 Å². The van der Waals surface area contributed by atoms with E-state index in [4.69, 9.17) is 0 Å². The van der Waals surface area contributed by atoms with Crippen molar-refractivity contribution >= 4 is 29.1 Å². The van der Waals surface area contributed by atoms with Crippen LogP contribution in [0.4, 0.5) is 11.4 Å². The third kappa shape index (κ3) is 3.78. The molecule has 1 N–H and O–H groups in total. The number of benzene rings is 2. The summed E-state index contributed by atoms with van der Waals surface area (Å²) < 4.78 is 0. The SMILES string of the molecule is C=CCC1=CC2CC1C1C(=O)N(c3ccc(Cc4ccc(N5C(=O)C6C(C7C=C(CC=C)[C@H]6C7)C5O)cc4)cc3)C(=O)C21. The predicted molar refractivity (Wildman–Crippen MR) is 165 cm³/mol. The van der Waals surface area contributed by atoms with E-state index in [0.29, 0.717) is 12.1 Å². The lowest BCUT2D eigenvalue weighted by Gasteiger charge is -2.25. The highest BCUT2D eigenvalue weighted by Crippen LogP contribution is 2.58. The molecule has 0 radical (unpaired) electrons. The van der Waals surface area contributed by atoms with Gasteiger partial charge in [-0.05, 0) is 91.2 Å². The van der Waals surface area contributed by atoms with Crippen LogP contribution in [0.2, 0.25) is 0 Å². The topological polar surface area (TPSA) is 77.9 Å². The molecule has 2 aromatic rings. The van der Waals surface area contributed by atoms with Crippen LogP contribution in [0, 0.1) is 47.3 Å². The van der Waals surface area contributed by atoms with Crippen LogP contribution in [0.5, 0.6) is 0 Å². The molecule has 43 heavy (non-hydrogen) atoms. The highest BCUT2D eigenvalue weighted by molar-refractivity contribution is 6.22. The molecule has 4 bridgehead atoms. The smallest absolute Gasteiger partial charge is 0.238 e. The summed E-state index contributed by atoms with van der Waals surface area (Å²) in [6.07, 6.45) is 11.6. The number of carbonyl (C=O) groups excluding carboxylic acids is 3. The zero-order chi connectivity index (χ0) is 29.6. The van der Waals surface area contributed by atoms with Crippen molar-refractivity contribution in [3.05, 3.63) is 108 Å². The average molecular weight is 573 g/mol. The van der Waals surface area contributed by atoms with E-state index >= 15 is 0 Å². The lowest BCUT2D eigenvalue weighted by Crippen LogP contribution is -2.36. The third-order valence-corrected chi connectivity index (χ3v) is 11.2. The first-order valence-electron chi connectivity index (χ1n) is 15.6. The molecule has 2 aliphatic heterocycles. The van der Waals surface area contributed by atoms with Gasteiger partial charge in [-0.25, -0.2) is 0 Å². The Morgan fingerprint density at radius 2 is 1.23 bits per heavy atom. The van der Waals surface area contributed by atoms with Crippen LogP contribution in [-0.2, 0) is 20.8 Å². The van der Waals surface area contributed by atoms with Gasteiger partial charge in [-0.2, -0.15) is 0 Å². The maximum absolute atomic E-state index is 13.5. The molecule has 218 valence electrons. The zero-order valence-corrected chi connectivity index (χ0v) is 24.1. The summed E-state index contributed by atoms with van der Waals surface area (Å²) in [6, 6.07) is 15.6. The van der Waals surface area contributed by atoms with Crippen LogP contribution >= 0.6 is 0 Å². The van der Waals surface area contributed by atoms with E-state index in [-0.39, 0.29) is 65.1 Å². The fourth-order valence-corrected chi connectivity index (χ4v) is 9.50. The number of aliphatic hydroxyl groups excluding tert-OH is 1. The van der Waals surface area contributed by atoms with Crippen molar-refractivity contribution < 1.29 is 19.5 Å². The van der Waals surface area contributed by atoms with Gasteiger partial charge in [0.05, 0.1) is 23.4 Å². The minimum atomic E-state index is -0.803. The second-order valence-corrected chi connectivity index (χ2v) is 13.3. The molecule has 2 aromatic carbocycles. The molecule has 6 aliphatic rings. The lowest BCUT2D eigenvalue weighted by atomic mass is 9.80. The molecule has 3 amide bonds. The standard InChI is InChI=1S/C37H36N2O4/c1-3-5-22-16-24-18-28(22)32-30(24)34(40)38(36(32)42)26-11-7-20(8-12-26)15-21-9-13-27(14-10-21)39-35(41)31-25-17-23(6-4-2)29(19-25)33(31)37(39)43/h3-4,7-14,16-17,24-25,28-34,40H,1-2,5-6,15,18-19H2/t24?,25?,28-,29?,30?,31?,32?,33?,34?/m1/s1. The first-order chi connectivity index (χ1) is 20.9. The van der Waals surface area contributed by atoms with E-state index in [0.717, 1.165) is 42.5 Å². The number of fused-ring (bicyclic) bond motifs is 10. The number of anilines is 2. The minimum Gasteiger partial charge on any atom is -0.373 e. The summed E-state index contributed by atoms with van der Waals surface area (Å²) in [5, 5.41) is 11.2. The minimum absolute atomic E-state index is 0.0267. The summed E-state index contributed by atoms with van der Waals surface area (Å²) in [5.41, 5.74) is 6.07. The molecule has 4 fully saturated rings.